The number of carbonyl (C=O) groups excluding carboxylic acids is 1. The Morgan fingerprint density at radius 2 is 1.92 bits per heavy atom. The van der Waals surface area contributed by atoms with Crippen LogP contribution >= 0.6 is 0 Å². The fourth-order valence-electron chi connectivity index (χ4n) is 2.35. The number of aromatic amines is 1. The van der Waals surface area contributed by atoms with Crippen molar-refractivity contribution in [1.29, 1.82) is 0 Å². The van der Waals surface area contributed by atoms with Gasteiger partial charge in [-0.1, -0.05) is 29.8 Å². The van der Waals surface area contributed by atoms with E-state index in [1.54, 1.807) is 12.3 Å². The van der Waals surface area contributed by atoms with Crippen LogP contribution in [0.3, 0.4) is 0 Å². The van der Waals surface area contributed by atoms with Gasteiger partial charge < -0.3 is 4.74 Å². The minimum Gasteiger partial charge on any atom is -0.494 e. The number of carbonyl (C=O) groups is 1. The topological polar surface area (TPSA) is 79.4 Å². The molecule has 0 atom stereocenters. The average Bonchev–Trinajstić information content (AvgIpc) is 3.14. The van der Waals surface area contributed by atoms with Crippen LogP contribution in [0.15, 0.2) is 59.7 Å². The lowest BCUT2D eigenvalue weighted by molar-refractivity contribution is 0.0950. The number of benzene rings is 2. The van der Waals surface area contributed by atoms with Gasteiger partial charge >= 0.3 is 0 Å². The van der Waals surface area contributed by atoms with Crippen molar-refractivity contribution in [2.75, 3.05) is 6.61 Å². The highest BCUT2D eigenvalue weighted by molar-refractivity contribution is 5.94. The summed E-state index contributed by atoms with van der Waals surface area (Å²) >= 11 is 0. The minimum absolute atomic E-state index is 0.343. The molecule has 0 aliphatic carbocycles. The number of aromatic nitrogens is 2. The Labute approximate surface area is 151 Å². The first kappa shape index (κ1) is 17.4. The van der Waals surface area contributed by atoms with Gasteiger partial charge in [-0.15, -0.1) is 0 Å². The van der Waals surface area contributed by atoms with Gasteiger partial charge in [0.1, 0.15) is 11.4 Å². The molecule has 6 nitrogen and oxygen atoms in total. The zero-order valence-electron chi connectivity index (χ0n) is 14.7. The van der Waals surface area contributed by atoms with E-state index < -0.39 is 0 Å². The molecule has 1 aromatic heterocycles. The SMILES string of the molecule is CCOc1ccc(-c2cc(C(=O)N/N=C/c3ccc(C)cc3)[nH]n2)cc1. The Morgan fingerprint density at radius 3 is 2.62 bits per heavy atom. The molecule has 0 radical (unpaired) electrons. The van der Waals surface area contributed by atoms with E-state index in [2.05, 4.69) is 20.7 Å². The van der Waals surface area contributed by atoms with Crippen molar-refractivity contribution < 1.29 is 9.53 Å². The molecule has 0 saturated carbocycles. The molecule has 1 amide bonds. The first-order chi connectivity index (χ1) is 12.7. The molecule has 0 bridgehead atoms. The summed E-state index contributed by atoms with van der Waals surface area (Å²) in [5.74, 6) is 0.452. The third-order valence-electron chi connectivity index (χ3n) is 3.74. The number of rotatable bonds is 6. The highest BCUT2D eigenvalue weighted by Crippen LogP contribution is 2.21. The van der Waals surface area contributed by atoms with E-state index >= 15 is 0 Å². The molecule has 3 aromatic rings. The van der Waals surface area contributed by atoms with Gasteiger partial charge in [-0.3, -0.25) is 9.89 Å². The lowest BCUT2D eigenvalue weighted by atomic mass is 10.1. The summed E-state index contributed by atoms with van der Waals surface area (Å²) in [6.45, 7) is 4.58. The van der Waals surface area contributed by atoms with Gasteiger partial charge in [-0.05, 0) is 49.7 Å². The first-order valence-electron chi connectivity index (χ1n) is 8.34. The highest BCUT2D eigenvalue weighted by atomic mass is 16.5. The molecule has 1 heterocycles. The van der Waals surface area contributed by atoms with Crippen LogP contribution in [-0.2, 0) is 0 Å². The maximum Gasteiger partial charge on any atom is 0.289 e. The van der Waals surface area contributed by atoms with Crippen LogP contribution in [0.5, 0.6) is 5.75 Å². The molecular weight excluding hydrogens is 328 g/mol. The van der Waals surface area contributed by atoms with Crippen molar-refractivity contribution in [1.82, 2.24) is 15.6 Å². The number of hydrogen-bond acceptors (Lipinski definition) is 4. The average molecular weight is 348 g/mol. The fourth-order valence-corrected chi connectivity index (χ4v) is 2.35. The van der Waals surface area contributed by atoms with Gasteiger partial charge in [0.25, 0.3) is 5.91 Å². The Kier molecular flexibility index (Phi) is 5.43. The van der Waals surface area contributed by atoms with E-state index in [1.807, 2.05) is 62.4 Å². The van der Waals surface area contributed by atoms with E-state index in [4.69, 9.17) is 4.74 Å². The van der Waals surface area contributed by atoms with E-state index in [9.17, 15) is 4.79 Å². The Bertz CT molecular complexity index is 896. The second kappa shape index (κ2) is 8.11. The van der Waals surface area contributed by atoms with Crippen LogP contribution in [-0.4, -0.2) is 28.9 Å². The number of nitrogens with one attached hydrogen (secondary N) is 2. The lowest BCUT2D eigenvalue weighted by Gasteiger charge is -2.02. The molecule has 0 aliphatic heterocycles. The number of H-pyrrole nitrogens is 1. The molecule has 0 spiro atoms. The smallest absolute Gasteiger partial charge is 0.289 e. The third-order valence-corrected chi connectivity index (χ3v) is 3.74. The summed E-state index contributed by atoms with van der Waals surface area (Å²) in [6, 6.07) is 17.1. The normalized spacial score (nSPS) is 10.8. The van der Waals surface area contributed by atoms with Crippen molar-refractivity contribution in [2.24, 2.45) is 5.10 Å². The number of nitrogens with zero attached hydrogens (tertiary/aromatic N) is 2. The van der Waals surface area contributed by atoms with Gasteiger partial charge in [0.15, 0.2) is 0 Å². The number of ether oxygens (including phenoxy) is 1. The zero-order chi connectivity index (χ0) is 18.4. The molecule has 2 N–H and O–H groups in total. The second-order valence-corrected chi connectivity index (χ2v) is 5.73. The molecular formula is C20H20N4O2. The summed E-state index contributed by atoms with van der Waals surface area (Å²) in [5, 5.41) is 10.9. The molecule has 6 heteroatoms. The molecule has 0 saturated heterocycles. The van der Waals surface area contributed by atoms with Crippen LogP contribution in [0.1, 0.15) is 28.5 Å². The largest absolute Gasteiger partial charge is 0.494 e. The summed E-state index contributed by atoms with van der Waals surface area (Å²) in [4.78, 5) is 12.2. The predicted molar refractivity (Wildman–Crippen MR) is 101 cm³/mol. The van der Waals surface area contributed by atoms with Crippen LogP contribution in [0.2, 0.25) is 0 Å². The van der Waals surface area contributed by atoms with Gasteiger partial charge in [0.05, 0.1) is 18.5 Å². The summed E-state index contributed by atoms with van der Waals surface area (Å²) in [5.41, 5.74) is 6.50. The van der Waals surface area contributed by atoms with Crippen molar-refractivity contribution in [2.45, 2.75) is 13.8 Å². The number of aryl methyl sites for hydroxylation is 1. The van der Waals surface area contributed by atoms with Crippen molar-refractivity contribution in [3.8, 4) is 17.0 Å². The van der Waals surface area contributed by atoms with Crippen LogP contribution in [0, 0.1) is 6.92 Å². The van der Waals surface area contributed by atoms with E-state index in [1.165, 1.54) is 5.56 Å². The van der Waals surface area contributed by atoms with Gasteiger partial charge in [-0.25, -0.2) is 5.43 Å². The molecule has 0 unspecified atom stereocenters. The zero-order valence-corrected chi connectivity index (χ0v) is 14.7. The quantitative estimate of drug-likeness (QED) is 0.528. The molecule has 26 heavy (non-hydrogen) atoms. The van der Waals surface area contributed by atoms with Gasteiger partial charge in [0.2, 0.25) is 0 Å². The van der Waals surface area contributed by atoms with Crippen molar-refractivity contribution in [3.63, 3.8) is 0 Å². The van der Waals surface area contributed by atoms with Gasteiger partial charge in [-0.2, -0.15) is 10.2 Å². The van der Waals surface area contributed by atoms with E-state index in [0.29, 0.717) is 18.0 Å². The number of amides is 1. The van der Waals surface area contributed by atoms with Crippen molar-refractivity contribution >= 4 is 12.1 Å². The second-order valence-electron chi connectivity index (χ2n) is 5.73. The summed E-state index contributed by atoms with van der Waals surface area (Å²) in [6.07, 6.45) is 1.60. The Balaban J connectivity index is 1.63. The summed E-state index contributed by atoms with van der Waals surface area (Å²) < 4.78 is 5.42. The number of hydrazone groups is 1. The number of hydrogen-bond donors (Lipinski definition) is 2. The van der Waals surface area contributed by atoms with Crippen LogP contribution in [0.4, 0.5) is 0 Å². The third kappa shape index (κ3) is 4.36. The minimum atomic E-state index is -0.349. The maximum atomic E-state index is 12.2. The standard InChI is InChI=1S/C20H20N4O2/c1-3-26-17-10-8-16(9-11-17)18-12-19(23-22-18)20(25)24-21-13-15-6-4-14(2)5-7-15/h4-13H,3H2,1-2H3,(H,22,23)(H,24,25)/b21-13+. The maximum absolute atomic E-state index is 12.2. The first-order valence-corrected chi connectivity index (χ1v) is 8.34. The summed E-state index contributed by atoms with van der Waals surface area (Å²) in [7, 11) is 0. The molecule has 132 valence electrons. The van der Waals surface area contributed by atoms with E-state index in [-0.39, 0.29) is 5.91 Å². The van der Waals surface area contributed by atoms with Crippen molar-refractivity contribution in [3.05, 3.63) is 71.4 Å². The van der Waals surface area contributed by atoms with Crippen LogP contribution < -0.4 is 10.2 Å². The molecule has 3 rings (SSSR count). The van der Waals surface area contributed by atoms with Crippen LogP contribution in [0.25, 0.3) is 11.3 Å². The Morgan fingerprint density at radius 1 is 1.19 bits per heavy atom. The lowest BCUT2D eigenvalue weighted by Crippen LogP contribution is -2.17. The molecule has 0 aliphatic rings. The highest BCUT2D eigenvalue weighted by Gasteiger charge is 2.10. The molecule has 2 aromatic carbocycles. The molecule has 0 fully saturated rings. The monoisotopic (exact) mass is 348 g/mol. The van der Waals surface area contributed by atoms with Gasteiger partial charge in [0, 0.05) is 5.56 Å². The predicted octanol–water partition coefficient (Wildman–Crippen LogP) is 3.55. The Hall–Kier alpha value is -3.41. The van der Waals surface area contributed by atoms with E-state index in [0.717, 1.165) is 16.9 Å². The fraction of sp³-hybridized carbons (Fsp3) is 0.150.